The van der Waals surface area contributed by atoms with Crippen molar-refractivity contribution >= 4 is 27.3 Å². The van der Waals surface area contributed by atoms with E-state index in [1.54, 1.807) is 6.92 Å². The first-order valence-corrected chi connectivity index (χ1v) is 8.59. The first-order valence-electron chi connectivity index (χ1n) is 6.23. The van der Waals surface area contributed by atoms with Gasteiger partial charge >= 0.3 is 5.97 Å². The van der Waals surface area contributed by atoms with Gasteiger partial charge in [-0.2, -0.15) is 0 Å². The second kappa shape index (κ2) is 7.11. The summed E-state index contributed by atoms with van der Waals surface area (Å²) < 4.78 is 26.6. The van der Waals surface area contributed by atoms with Gasteiger partial charge in [0.15, 0.2) is 9.90 Å². The molecule has 2 N–H and O–H groups in total. The van der Waals surface area contributed by atoms with Crippen LogP contribution in [0.25, 0.3) is 0 Å². The van der Waals surface area contributed by atoms with Crippen molar-refractivity contribution in [2.45, 2.75) is 31.0 Å². The maximum atomic E-state index is 12.2. The van der Waals surface area contributed by atoms with Crippen molar-refractivity contribution in [3.63, 3.8) is 0 Å². The van der Waals surface area contributed by atoms with E-state index in [2.05, 4.69) is 14.6 Å². The highest BCUT2D eigenvalue weighted by molar-refractivity contribution is 7.91. The third-order valence-electron chi connectivity index (χ3n) is 2.76. The second-order valence-corrected chi connectivity index (χ2v) is 7.07. The average Bonchev–Trinajstić information content (AvgIpc) is 2.85. The van der Waals surface area contributed by atoms with Crippen LogP contribution in [0.4, 0.5) is 0 Å². The van der Waals surface area contributed by atoms with Crippen LogP contribution in [-0.4, -0.2) is 55.1 Å². The fourth-order valence-corrected chi connectivity index (χ4v) is 4.18. The molecule has 0 fully saturated rings. The smallest absolute Gasteiger partial charge is 0.356 e. The minimum absolute atomic E-state index is 0.253. The summed E-state index contributed by atoms with van der Waals surface area (Å²) in [7, 11) is -3.86. The number of carbonyl (C=O) groups is 1. The van der Waals surface area contributed by atoms with Crippen LogP contribution in [0, 0.1) is 0 Å². The third kappa shape index (κ3) is 4.23. The van der Waals surface area contributed by atoms with Gasteiger partial charge in [0.1, 0.15) is 0 Å². The van der Waals surface area contributed by atoms with Crippen molar-refractivity contribution in [3.8, 4) is 0 Å². The zero-order valence-corrected chi connectivity index (χ0v) is 13.3. The Kier molecular flexibility index (Phi) is 6.06. The van der Waals surface area contributed by atoms with Crippen LogP contribution in [-0.2, 0) is 10.0 Å². The van der Waals surface area contributed by atoms with E-state index in [0.29, 0.717) is 6.54 Å². The topological polar surface area (TPSA) is 99.6 Å². The number of carboxylic acid groups (broad SMARTS) is 1. The fourth-order valence-electron chi connectivity index (χ4n) is 1.79. The maximum Gasteiger partial charge on any atom is 0.356 e. The summed E-state index contributed by atoms with van der Waals surface area (Å²) in [5.41, 5.74) is 0.783. The van der Waals surface area contributed by atoms with Gasteiger partial charge in [0.05, 0.1) is 5.51 Å². The Bertz CT molecular complexity index is 552. The molecule has 0 saturated heterocycles. The molecule has 0 amide bonds. The Labute approximate surface area is 122 Å². The Morgan fingerprint density at radius 2 is 2.10 bits per heavy atom. The van der Waals surface area contributed by atoms with E-state index < -0.39 is 21.7 Å². The minimum atomic E-state index is -3.86. The summed E-state index contributed by atoms with van der Waals surface area (Å²) in [5, 5.41) is 8.92. The Balaban J connectivity index is 2.84. The quantitative estimate of drug-likeness (QED) is 0.736. The lowest BCUT2D eigenvalue weighted by atomic mass is 10.3. The Morgan fingerprint density at radius 3 is 2.60 bits per heavy atom. The van der Waals surface area contributed by atoms with Gasteiger partial charge in [-0.1, -0.05) is 13.8 Å². The molecule has 0 aliphatic heterocycles. The lowest BCUT2D eigenvalue weighted by Crippen LogP contribution is -2.41. The summed E-state index contributed by atoms with van der Waals surface area (Å²) in [6.45, 7) is 7.95. The summed E-state index contributed by atoms with van der Waals surface area (Å²) in [6.07, 6.45) is 0. The molecule has 9 heteroatoms. The zero-order chi connectivity index (χ0) is 15.3. The highest BCUT2D eigenvalue weighted by Crippen LogP contribution is 2.20. The summed E-state index contributed by atoms with van der Waals surface area (Å²) in [5.74, 6) is -1.34. The standard InChI is InChI=1S/C11H19N3O4S2/c1-4-14(5-2)6-8(3)13-20(17,18)11-9(10(15)16)12-7-19-11/h7-8,13H,4-6H2,1-3H3,(H,15,16). The molecule has 1 aromatic rings. The van der Waals surface area contributed by atoms with Gasteiger partial charge < -0.3 is 10.0 Å². The first-order chi connectivity index (χ1) is 9.31. The number of aromatic nitrogens is 1. The number of rotatable bonds is 8. The van der Waals surface area contributed by atoms with Gasteiger partial charge in [-0.05, 0) is 20.0 Å². The molecule has 1 aromatic heterocycles. The Hall–Kier alpha value is -1.03. The molecule has 1 rings (SSSR count). The molecule has 0 saturated carbocycles. The molecule has 0 bridgehead atoms. The number of sulfonamides is 1. The van der Waals surface area contributed by atoms with Crippen LogP contribution in [0.15, 0.2) is 9.72 Å². The molecular weight excluding hydrogens is 302 g/mol. The monoisotopic (exact) mass is 321 g/mol. The molecule has 0 aliphatic carbocycles. The first kappa shape index (κ1) is 17.0. The number of carboxylic acids is 1. The van der Waals surface area contributed by atoms with Crippen molar-refractivity contribution in [1.29, 1.82) is 0 Å². The van der Waals surface area contributed by atoms with Crippen LogP contribution in [0.1, 0.15) is 31.3 Å². The number of aromatic carboxylic acids is 1. The van der Waals surface area contributed by atoms with E-state index in [9.17, 15) is 13.2 Å². The van der Waals surface area contributed by atoms with Gasteiger partial charge in [-0.15, -0.1) is 11.3 Å². The van der Waals surface area contributed by atoms with Crippen LogP contribution < -0.4 is 4.72 Å². The average molecular weight is 321 g/mol. The number of nitrogens with zero attached hydrogens (tertiary/aromatic N) is 2. The highest BCUT2D eigenvalue weighted by atomic mass is 32.2. The number of nitrogens with one attached hydrogen (secondary N) is 1. The van der Waals surface area contributed by atoms with E-state index >= 15 is 0 Å². The Morgan fingerprint density at radius 1 is 1.50 bits per heavy atom. The van der Waals surface area contributed by atoms with Gasteiger partial charge in [-0.3, -0.25) is 0 Å². The summed E-state index contributed by atoms with van der Waals surface area (Å²) >= 11 is 0.801. The predicted octanol–water partition coefficient (Wildman–Crippen LogP) is 0.850. The largest absolute Gasteiger partial charge is 0.476 e. The number of thiazole rings is 1. The molecule has 1 atom stereocenters. The van der Waals surface area contributed by atoms with Gasteiger partial charge in [0.2, 0.25) is 0 Å². The molecule has 0 aromatic carbocycles. The van der Waals surface area contributed by atoms with Crippen molar-refractivity contribution in [1.82, 2.24) is 14.6 Å². The van der Waals surface area contributed by atoms with Crippen LogP contribution in [0.2, 0.25) is 0 Å². The highest BCUT2D eigenvalue weighted by Gasteiger charge is 2.27. The molecule has 7 nitrogen and oxygen atoms in total. The van der Waals surface area contributed by atoms with E-state index in [0.717, 1.165) is 24.4 Å². The zero-order valence-electron chi connectivity index (χ0n) is 11.7. The molecule has 1 heterocycles. The van der Waals surface area contributed by atoms with E-state index in [4.69, 9.17) is 5.11 Å². The van der Waals surface area contributed by atoms with Crippen LogP contribution in [0.5, 0.6) is 0 Å². The number of hydrogen-bond acceptors (Lipinski definition) is 6. The molecule has 114 valence electrons. The maximum absolute atomic E-state index is 12.2. The summed E-state index contributed by atoms with van der Waals surface area (Å²) in [6, 6.07) is -0.316. The molecular formula is C11H19N3O4S2. The predicted molar refractivity (Wildman–Crippen MR) is 76.6 cm³/mol. The van der Waals surface area contributed by atoms with E-state index in [-0.39, 0.29) is 10.3 Å². The lowest BCUT2D eigenvalue weighted by molar-refractivity contribution is 0.0687. The van der Waals surface area contributed by atoms with E-state index in [1.807, 2.05) is 13.8 Å². The molecule has 1 unspecified atom stereocenters. The van der Waals surface area contributed by atoms with Gasteiger partial charge in [0.25, 0.3) is 10.0 Å². The third-order valence-corrected chi connectivity index (χ3v) is 5.72. The molecule has 0 aliphatic rings. The second-order valence-electron chi connectivity index (χ2n) is 4.30. The molecule has 20 heavy (non-hydrogen) atoms. The lowest BCUT2D eigenvalue weighted by Gasteiger charge is -2.23. The van der Waals surface area contributed by atoms with Crippen molar-refractivity contribution in [2.75, 3.05) is 19.6 Å². The fraction of sp³-hybridized carbons (Fsp3) is 0.636. The number of hydrogen-bond donors (Lipinski definition) is 2. The minimum Gasteiger partial charge on any atom is -0.476 e. The van der Waals surface area contributed by atoms with Crippen molar-refractivity contribution in [3.05, 3.63) is 11.2 Å². The van der Waals surface area contributed by atoms with Crippen LogP contribution in [0.3, 0.4) is 0 Å². The SMILES string of the molecule is CCN(CC)CC(C)NS(=O)(=O)c1scnc1C(=O)O. The van der Waals surface area contributed by atoms with Crippen molar-refractivity contribution in [2.24, 2.45) is 0 Å². The summed E-state index contributed by atoms with van der Waals surface area (Å²) in [4.78, 5) is 16.6. The normalized spacial score (nSPS) is 13.6. The number of likely N-dealkylation sites (N-methyl/N-ethyl adjacent to an activating group) is 1. The molecule has 0 spiro atoms. The molecule has 0 radical (unpaired) electrons. The van der Waals surface area contributed by atoms with E-state index in [1.165, 1.54) is 5.51 Å². The van der Waals surface area contributed by atoms with Crippen molar-refractivity contribution < 1.29 is 18.3 Å². The van der Waals surface area contributed by atoms with Gasteiger partial charge in [0, 0.05) is 12.6 Å². The van der Waals surface area contributed by atoms with Gasteiger partial charge in [-0.25, -0.2) is 22.9 Å². The van der Waals surface area contributed by atoms with Crippen LogP contribution >= 0.6 is 11.3 Å².